The molecule has 3 aliphatic carbocycles. The molecule has 0 saturated heterocycles. The largest absolute Gasteiger partial charge is 0.491 e. The second-order valence-electron chi connectivity index (χ2n) is 10.7. The molecule has 0 spiro atoms. The summed E-state index contributed by atoms with van der Waals surface area (Å²) in [6, 6.07) is 3.36. The molecule has 0 aliphatic heterocycles. The van der Waals surface area contributed by atoms with E-state index in [1.54, 1.807) is 19.1 Å². The van der Waals surface area contributed by atoms with Gasteiger partial charge >= 0.3 is 0 Å². The number of hydrogen-bond donors (Lipinski definition) is 0. The van der Waals surface area contributed by atoms with Gasteiger partial charge in [-0.3, -0.25) is 0 Å². The van der Waals surface area contributed by atoms with Crippen molar-refractivity contribution in [2.24, 2.45) is 29.6 Å². The van der Waals surface area contributed by atoms with E-state index in [0.717, 1.165) is 55.3 Å². The molecule has 0 aromatic heterocycles. The van der Waals surface area contributed by atoms with E-state index in [-0.39, 0.29) is 11.7 Å². The van der Waals surface area contributed by atoms with Crippen LogP contribution in [0.1, 0.15) is 102 Å². The molecular weight excluding hydrogens is 402 g/mol. The Balaban J connectivity index is 1.25. The molecule has 0 heterocycles. The van der Waals surface area contributed by atoms with Crippen LogP contribution in [-0.2, 0) is 0 Å². The second-order valence-corrected chi connectivity index (χ2v) is 10.7. The summed E-state index contributed by atoms with van der Waals surface area (Å²) >= 11 is 0. The maximum Gasteiger partial charge on any atom is 0.200 e. The molecule has 0 radical (unpaired) electrons. The van der Waals surface area contributed by atoms with Gasteiger partial charge in [-0.2, -0.15) is 4.39 Å². The first-order valence-corrected chi connectivity index (χ1v) is 13.4. The predicted molar refractivity (Wildman–Crippen MR) is 128 cm³/mol. The van der Waals surface area contributed by atoms with Crippen molar-refractivity contribution in [3.63, 3.8) is 0 Å². The monoisotopic (exact) mass is 444 g/mol. The number of ether oxygens (including phenoxy) is 1. The average molecular weight is 445 g/mol. The van der Waals surface area contributed by atoms with Crippen LogP contribution < -0.4 is 4.74 Å². The van der Waals surface area contributed by atoms with Crippen LogP contribution in [0.5, 0.6) is 5.75 Å². The van der Waals surface area contributed by atoms with Crippen LogP contribution in [0.4, 0.5) is 8.78 Å². The van der Waals surface area contributed by atoms with Crippen LogP contribution in [0, 0.1) is 41.2 Å². The molecule has 2 unspecified atom stereocenters. The van der Waals surface area contributed by atoms with Crippen molar-refractivity contribution in [3.05, 3.63) is 41.5 Å². The van der Waals surface area contributed by atoms with Gasteiger partial charge in [0.15, 0.2) is 11.6 Å². The minimum atomic E-state index is -0.817. The summed E-state index contributed by atoms with van der Waals surface area (Å²) in [5.41, 5.74) is 0.554. The zero-order chi connectivity index (χ0) is 22.5. The minimum absolute atomic E-state index is 0.0351. The van der Waals surface area contributed by atoms with E-state index in [4.69, 9.17) is 4.74 Å². The van der Waals surface area contributed by atoms with E-state index in [1.807, 2.05) is 0 Å². The summed E-state index contributed by atoms with van der Waals surface area (Å²) in [6.07, 6.45) is 20.3. The fourth-order valence-corrected chi connectivity index (χ4v) is 6.98. The van der Waals surface area contributed by atoms with E-state index >= 15 is 0 Å². The highest BCUT2D eigenvalue weighted by atomic mass is 19.2. The van der Waals surface area contributed by atoms with Gasteiger partial charge in [0.05, 0.1) is 6.61 Å². The van der Waals surface area contributed by atoms with Gasteiger partial charge in [0.2, 0.25) is 5.82 Å². The topological polar surface area (TPSA) is 9.23 Å². The highest BCUT2D eigenvalue weighted by Gasteiger charge is 2.34. The van der Waals surface area contributed by atoms with E-state index in [0.29, 0.717) is 12.2 Å². The molecule has 2 fully saturated rings. The molecule has 2 saturated carbocycles. The fourth-order valence-electron chi connectivity index (χ4n) is 6.98. The summed E-state index contributed by atoms with van der Waals surface area (Å²) in [4.78, 5) is 0. The first-order chi connectivity index (χ1) is 15.6. The van der Waals surface area contributed by atoms with Crippen molar-refractivity contribution < 1.29 is 13.5 Å². The number of hydrogen-bond acceptors (Lipinski definition) is 1. The van der Waals surface area contributed by atoms with Crippen LogP contribution >= 0.6 is 0 Å². The molecule has 1 aromatic carbocycles. The van der Waals surface area contributed by atoms with Crippen LogP contribution in [0.15, 0.2) is 24.3 Å². The number of allylic oxidation sites excluding steroid dienone is 2. The molecule has 1 nitrogen and oxygen atoms in total. The molecule has 3 heteroatoms. The molecule has 0 amide bonds. The molecule has 2 atom stereocenters. The van der Waals surface area contributed by atoms with Gasteiger partial charge in [0.1, 0.15) is 0 Å². The van der Waals surface area contributed by atoms with Crippen molar-refractivity contribution in [1.82, 2.24) is 0 Å². The van der Waals surface area contributed by atoms with Crippen LogP contribution in [0.25, 0.3) is 0 Å². The Labute approximate surface area is 194 Å². The molecule has 4 rings (SSSR count). The summed E-state index contributed by atoms with van der Waals surface area (Å²) in [5, 5.41) is 0. The van der Waals surface area contributed by atoms with E-state index in [1.165, 1.54) is 51.4 Å². The van der Waals surface area contributed by atoms with Gasteiger partial charge in [0, 0.05) is 0 Å². The lowest BCUT2D eigenvalue weighted by Crippen LogP contribution is -2.28. The van der Waals surface area contributed by atoms with Crippen LogP contribution in [0.2, 0.25) is 0 Å². The third-order valence-electron chi connectivity index (χ3n) is 8.84. The number of rotatable bonds is 7. The summed E-state index contributed by atoms with van der Waals surface area (Å²) in [6.45, 7) is 4.43. The minimum Gasteiger partial charge on any atom is -0.491 e. The van der Waals surface area contributed by atoms with Crippen molar-refractivity contribution in [2.75, 3.05) is 6.61 Å². The maximum absolute atomic E-state index is 14.6. The van der Waals surface area contributed by atoms with Gasteiger partial charge in [-0.1, -0.05) is 31.6 Å². The predicted octanol–water partition coefficient (Wildman–Crippen LogP) is 8.83. The molecular formula is C29H42F2O. The maximum atomic E-state index is 14.6. The Bertz CT molecular complexity index is 757. The van der Waals surface area contributed by atoms with Crippen molar-refractivity contribution >= 4 is 0 Å². The van der Waals surface area contributed by atoms with Crippen molar-refractivity contribution in [3.8, 4) is 5.75 Å². The quantitative estimate of drug-likeness (QED) is 0.382. The van der Waals surface area contributed by atoms with Crippen LogP contribution in [0.3, 0.4) is 0 Å². The van der Waals surface area contributed by atoms with Gasteiger partial charge in [-0.05, 0) is 125 Å². The highest BCUT2D eigenvalue weighted by molar-refractivity contribution is 5.33. The summed E-state index contributed by atoms with van der Waals surface area (Å²) < 4.78 is 34.2. The number of benzene rings is 1. The fraction of sp³-hybridized carbons (Fsp3) is 0.724. The zero-order valence-corrected chi connectivity index (χ0v) is 20.1. The van der Waals surface area contributed by atoms with E-state index in [9.17, 15) is 8.78 Å². The zero-order valence-electron chi connectivity index (χ0n) is 20.1. The molecule has 32 heavy (non-hydrogen) atoms. The second kappa shape index (κ2) is 11.2. The molecule has 0 bridgehead atoms. The lowest BCUT2D eigenvalue weighted by molar-refractivity contribution is 0.138. The summed E-state index contributed by atoms with van der Waals surface area (Å²) in [7, 11) is 0. The first-order valence-electron chi connectivity index (χ1n) is 13.4. The Kier molecular flexibility index (Phi) is 8.29. The van der Waals surface area contributed by atoms with Crippen molar-refractivity contribution in [2.45, 2.75) is 96.8 Å². The van der Waals surface area contributed by atoms with Gasteiger partial charge in [-0.25, -0.2) is 4.39 Å². The lowest BCUT2D eigenvalue weighted by atomic mass is 9.65. The SMILES string of the molecule is CCCC1C=CC(C2CCC(C3CCC(c4ccc(OCC)c(F)c4F)CC3)CC2)CC1. The van der Waals surface area contributed by atoms with Gasteiger partial charge < -0.3 is 4.74 Å². The highest BCUT2D eigenvalue weighted by Crippen LogP contribution is 2.47. The molecule has 0 N–H and O–H groups in total. The van der Waals surface area contributed by atoms with E-state index in [2.05, 4.69) is 19.1 Å². The molecule has 3 aliphatic rings. The Morgan fingerprint density at radius 3 is 2.00 bits per heavy atom. The Morgan fingerprint density at radius 2 is 1.41 bits per heavy atom. The normalized spacial score (nSPS) is 33.2. The van der Waals surface area contributed by atoms with Gasteiger partial charge in [-0.15, -0.1) is 0 Å². The van der Waals surface area contributed by atoms with Crippen LogP contribution in [-0.4, -0.2) is 6.61 Å². The molecule has 178 valence electrons. The smallest absolute Gasteiger partial charge is 0.200 e. The van der Waals surface area contributed by atoms with Crippen molar-refractivity contribution in [1.29, 1.82) is 0 Å². The van der Waals surface area contributed by atoms with Gasteiger partial charge in [0.25, 0.3) is 0 Å². The Morgan fingerprint density at radius 1 is 0.750 bits per heavy atom. The number of halogens is 2. The third-order valence-corrected chi connectivity index (χ3v) is 8.84. The van der Waals surface area contributed by atoms with E-state index < -0.39 is 11.6 Å². The average Bonchev–Trinajstić information content (AvgIpc) is 2.83. The standard InChI is InChI=1S/C29H42F2O/c1-3-5-20-6-8-21(9-7-20)22-10-12-23(13-11-22)24-14-16-25(17-15-24)26-18-19-27(32-4-2)29(31)28(26)30/h6,8,18-25H,3-5,7,9-17H2,1-2H3. The lowest BCUT2D eigenvalue weighted by Gasteiger charge is -2.40. The molecule has 1 aromatic rings. The summed E-state index contributed by atoms with van der Waals surface area (Å²) in [5.74, 6) is 2.83. The Hall–Kier alpha value is -1.38. The third kappa shape index (κ3) is 5.39. The first kappa shape index (κ1) is 23.8.